The molecule has 0 spiro atoms. The maximum Gasteiger partial charge on any atom is 0.0544 e. The van der Waals surface area contributed by atoms with E-state index in [-0.39, 0.29) is 0 Å². The van der Waals surface area contributed by atoms with Gasteiger partial charge in [-0.15, -0.1) is 0 Å². The predicted octanol–water partition coefficient (Wildman–Crippen LogP) is 24.0. The first-order valence-electron chi connectivity index (χ1n) is 34.0. The summed E-state index contributed by atoms with van der Waals surface area (Å²) < 4.78 is 4.98. The Morgan fingerprint density at radius 2 is 0.562 bits per heavy atom. The highest BCUT2D eigenvalue weighted by Gasteiger charge is 2.34. The molecular formula is C92H66N4. The van der Waals surface area contributed by atoms with Crippen LogP contribution in [0.2, 0.25) is 0 Å². The maximum atomic E-state index is 2.49. The van der Waals surface area contributed by atoms with Crippen molar-refractivity contribution < 1.29 is 0 Å². The molecule has 4 nitrogen and oxygen atoms in total. The molecule has 2 aromatic heterocycles. The Labute approximate surface area is 559 Å². The summed E-state index contributed by atoms with van der Waals surface area (Å²) >= 11 is 0. The molecule has 0 N–H and O–H groups in total. The van der Waals surface area contributed by atoms with Crippen molar-refractivity contribution in [1.29, 1.82) is 0 Å². The Hall–Kier alpha value is -11.7. The molecule has 0 aliphatic heterocycles. The Bertz CT molecular complexity index is 5570. The van der Waals surface area contributed by atoms with Crippen molar-refractivity contribution in [3.8, 4) is 67.0 Å². The molecule has 0 amide bonds. The van der Waals surface area contributed by atoms with Crippen molar-refractivity contribution in [2.75, 3.05) is 9.80 Å². The van der Waals surface area contributed by atoms with E-state index in [0.717, 1.165) is 70.9 Å². The number of anilines is 6. The lowest BCUT2D eigenvalue weighted by atomic mass is 9.93. The second kappa shape index (κ2) is 20.9. The van der Waals surface area contributed by atoms with E-state index >= 15 is 0 Å². The molecule has 0 atom stereocenters. The van der Waals surface area contributed by atoms with Gasteiger partial charge in [0.05, 0.1) is 22.1 Å². The van der Waals surface area contributed by atoms with Crippen LogP contribution >= 0.6 is 0 Å². The first kappa shape index (κ1) is 54.8. The Morgan fingerprint density at radius 3 is 0.948 bits per heavy atom. The van der Waals surface area contributed by atoms with Gasteiger partial charge in [-0.3, -0.25) is 0 Å². The first-order chi connectivity index (χ1) is 47.2. The molecule has 20 rings (SSSR count). The van der Waals surface area contributed by atoms with Crippen molar-refractivity contribution in [2.24, 2.45) is 0 Å². The number of aryl methyl sites for hydroxylation is 4. The van der Waals surface area contributed by atoms with Gasteiger partial charge in [-0.05, 0) is 275 Å². The Morgan fingerprint density at radius 1 is 0.250 bits per heavy atom. The molecule has 14 aromatic carbocycles. The minimum absolute atomic E-state index is 0.898. The molecule has 2 heterocycles. The zero-order valence-corrected chi connectivity index (χ0v) is 54.2. The van der Waals surface area contributed by atoms with Crippen LogP contribution in [-0.4, -0.2) is 9.13 Å². The lowest BCUT2D eigenvalue weighted by Crippen LogP contribution is -2.10. The fourth-order valence-corrected chi connectivity index (χ4v) is 17.1. The summed E-state index contributed by atoms with van der Waals surface area (Å²) in [5, 5.41) is 5.19. The summed E-state index contributed by atoms with van der Waals surface area (Å²) in [5.41, 5.74) is 43.7. The second-order valence-electron chi connectivity index (χ2n) is 27.4. The molecule has 4 aliphatic carbocycles. The molecule has 0 saturated carbocycles. The fourth-order valence-electron chi connectivity index (χ4n) is 17.1. The third kappa shape index (κ3) is 8.28. The van der Waals surface area contributed by atoms with Crippen LogP contribution in [0.4, 0.5) is 34.1 Å². The topological polar surface area (TPSA) is 16.3 Å². The standard InChI is InChI=1S/C92H66N4/c1-55-13-29-67(30-14-55)93(73-41-45-83-81(53-73)91-79-51-65-23-21-63-49-61-9-5-7-11-75(61)87(63)89(65)77(79)43-47-85(91)95(83)71-33-17-57(3)18-34-71)69-37-25-59(26-38-69)60-27-39-70(40-28-60)94(68-31-15-56(2)16-32-68)74-42-46-84-82(54-74)92-80-52-66-24-22-64-50-62-10-6-8-12-76(62)88(64)90(66)78(80)44-48-86(92)96(84)72-35-19-58(4)20-36-72/h5-48,53-54H,49-52H2,1-4H3. The second-order valence-corrected chi connectivity index (χ2v) is 27.4. The molecule has 0 saturated heterocycles. The smallest absolute Gasteiger partial charge is 0.0544 e. The minimum atomic E-state index is 0.898. The van der Waals surface area contributed by atoms with Gasteiger partial charge in [0.2, 0.25) is 0 Å². The first-order valence-corrected chi connectivity index (χ1v) is 34.0. The van der Waals surface area contributed by atoms with Crippen molar-refractivity contribution in [3.05, 3.63) is 346 Å². The Kier molecular flexibility index (Phi) is 11.9. The lowest BCUT2D eigenvalue weighted by Gasteiger charge is -2.26. The van der Waals surface area contributed by atoms with Crippen LogP contribution in [0.3, 0.4) is 0 Å². The van der Waals surface area contributed by atoms with Crippen LogP contribution < -0.4 is 9.80 Å². The largest absolute Gasteiger partial charge is 0.310 e. The van der Waals surface area contributed by atoms with Gasteiger partial charge in [0, 0.05) is 67.0 Å². The van der Waals surface area contributed by atoms with E-state index in [1.165, 1.54) is 166 Å². The van der Waals surface area contributed by atoms with Gasteiger partial charge in [-0.2, -0.15) is 0 Å². The van der Waals surface area contributed by atoms with E-state index < -0.39 is 0 Å². The van der Waals surface area contributed by atoms with Crippen LogP contribution in [0.5, 0.6) is 0 Å². The van der Waals surface area contributed by atoms with E-state index in [1.54, 1.807) is 0 Å². The molecule has 0 fully saturated rings. The van der Waals surface area contributed by atoms with E-state index in [1.807, 2.05) is 0 Å². The number of nitrogens with zero attached hydrogens (tertiary/aromatic N) is 4. The summed E-state index contributed by atoms with van der Waals surface area (Å²) in [6, 6.07) is 106. The number of hydrogen-bond donors (Lipinski definition) is 0. The summed E-state index contributed by atoms with van der Waals surface area (Å²) in [4.78, 5) is 4.88. The summed E-state index contributed by atoms with van der Waals surface area (Å²) in [5.74, 6) is 0. The van der Waals surface area contributed by atoms with Crippen LogP contribution in [0.15, 0.2) is 279 Å². The maximum absolute atomic E-state index is 2.49. The SMILES string of the molecule is Cc1ccc(N(c2ccc(-c3ccc(N(c4ccc(C)cc4)c4ccc5c(c4)c4c6c(ccc4n5-c4ccc(C)cc4)-c4c(ccc5c4-c4ccccc4C5)C6)cc3)cc2)c2ccc3c(c2)c2c4c(ccc2n3-c2ccc(C)cc2)-c2c(ccc3c2-c2ccccc2C3)C4)cc1. The molecule has 96 heavy (non-hydrogen) atoms. The van der Waals surface area contributed by atoms with Crippen LogP contribution in [0, 0.1) is 27.7 Å². The molecule has 0 bridgehead atoms. The highest BCUT2D eigenvalue weighted by Crippen LogP contribution is 2.55. The quantitative estimate of drug-likeness (QED) is 0.143. The van der Waals surface area contributed by atoms with Crippen molar-refractivity contribution in [2.45, 2.75) is 53.4 Å². The summed E-state index contributed by atoms with van der Waals surface area (Å²) in [7, 11) is 0. The van der Waals surface area contributed by atoms with E-state index in [9.17, 15) is 0 Å². The zero-order chi connectivity index (χ0) is 63.6. The van der Waals surface area contributed by atoms with Gasteiger partial charge in [0.15, 0.2) is 0 Å². The van der Waals surface area contributed by atoms with Gasteiger partial charge < -0.3 is 18.9 Å². The number of fused-ring (bicyclic) bond motifs is 22. The minimum Gasteiger partial charge on any atom is -0.310 e. The summed E-state index contributed by atoms with van der Waals surface area (Å²) in [6.45, 7) is 8.69. The molecule has 0 unspecified atom stereocenters. The highest BCUT2D eigenvalue weighted by atomic mass is 15.1. The molecular weight excluding hydrogens is 1160 g/mol. The van der Waals surface area contributed by atoms with E-state index in [2.05, 4.69) is 326 Å². The Balaban J connectivity index is 0.688. The molecule has 4 heteroatoms. The predicted molar refractivity (Wildman–Crippen MR) is 402 cm³/mol. The third-order valence-electron chi connectivity index (χ3n) is 21.7. The van der Waals surface area contributed by atoms with Crippen molar-refractivity contribution in [3.63, 3.8) is 0 Å². The fraction of sp³-hybridized carbons (Fsp3) is 0.0870. The molecule has 16 aromatic rings. The van der Waals surface area contributed by atoms with Gasteiger partial charge in [0.25, 0.3) is 0 Å². The average molecular weight is 1230 g/mol. The van der Waals surface area contributed by atoms with Gasteiger partial charge in [-0.1, -0.05) is 180 Å². The van der Waals surface area contributed by atoms with Crippen molar-refractivity contribution in [1.82, 2.24) is 9.13 Å². The monoisotopic (exact) mass is 1230 g/mol. The van der Waals surface area contributed by atoms with E-state index in [4.69, 9.17) is 0 Å². The lowest BCUT2D eigenvalue weighted by molar-refractivity contribution is 1.17. The number of aromatic nitrogens is 2. The number of rotatable bonds is 9. The van der Waals surface area contributed by atoms with Crippen LogP contribution in [0.1, 0.15) is 66.8 Å². The van der Waals surface area contributed by atoms with Crippen LogP contribution in [0.25, 0.3) is 111 Å². The summed E-state index contributed by atoms with van der Waals surface area (Å²) in [6.07, 6.45) is 3.77. The van der Waals surface area contributed by atoms with Crippen LogP contribution in [-0.2, 0) is 25.7 Å². The average Bonchev–Trinajstić information content (AvgIpc) is 1.56. The van der Waals surface area contributed by atoms with Gasteiger partial charge >= 0.3 is 0 Å². The van der Waals surface area contributed by atoms with E-state index in [0.29, 0.717) is 0 Å². The molecule has 454 valence electrons. The molecule has 4 aliphatic rings. The number of hydrogen-bond acceptors (Lipinski definition) is 2. The van der Waals surface area contributed by atoms with Gasteiger partial charge in [-0.25, -0.2) is 0 Å². The third-order valence-corrected chi connectivity index (χ3v) is 21.7. The highest BCUT2D eigenvalue weighted by molar-refractivity contribution is 6.17. The zero-order valence-electron chi connectivity index (χ0n) is 54.2. The van der Waals surface area contributed by atoms with Crippen molar-refractivity contribution >= 4 is 77.7 Å². The van der Waals surface area contributed by atoms with Gasteiger partial charge in [0.1, 0.15) is 0 Å². The number of benzene rings is 14. The normalized spacial score (nSPS) is 12.8. The molecule has 0 radical (unpaired) electrons.